The second-order valence-electron chi connectivity index (χ2n) is 4.83. The van der Waals surface area contributed by atoms with Gasteiger partial charge in [-0.05, 0) is 32.0 Å². The minimum Gasteiger partial charge on any atom is -0.492 e. The Kier molecular flexibility index (Phi) is 8.32. The smallest absolute Gasteiger partial charge is 0.119 e. The zero-order valence-corrected chi connectivity index (χ0v) is 11.9. The van der Waals surface area contributed by atoms with Gasteiger partial charge in [-0.3, -0.25) is 0 Å². The summed E-state index contributed by atoms with van der Waals surface area (Å²) in [7, 11) is 0. The van der Waals surface area contributed by atoms with Crippen molar-refractivity contribution in [1.29, 1.82) is 0 Å². The second kappa shape index (κ2) is 9.95. The second-order valence-corrected chi connectivity index (χ2v) is 4.83. The van der Waals surface area contributed by atoms with Crippen molar-refractivity contribution in [2.24, 2.45) is 0 Å². The fraction of sp³-hybridized carbons (Fsp3) is 0.625. The fourth-order valence-corrected chi connectivity index (χ4v) is 1.85. The van der Waals surface area contributed by atoms with Crippen molar-refractivity contribution >= 4 is 0 Å². The first-order valence-corrected chi connectivity index (χ1v) is 7.23. The average molecular weight is 249 g/mol. The Morgan fingerprint density at radius 1 is 0.944 bits per heavy atom. The number of benzene rings is 1. The molecule has 0 radical (unpaired) electrons. The van der Waals surface area contributed by atoms with Crippen LogP contribution in [0.5, 0.6) is 5.75 Å². The molecule has 1 rings (SSSR count). The fourth-order valence-electron chi connectivity index (χ4n) is 1.85. The zero-order chi connectivity index (χ0) is 13.1. The summed E-state index contributed by atoms with van der Waals surface area (Å²) in [5, 5.41) is 3.42. The maximum absolute atomic E-state index is 5.64. The number of hydrogen-bond acceptors (Lipinski definition) is 2. The summed E-state index contributed by atoms with van der Waals surface area (Å²) in [5.41, 5.74) is 1.27. The Morgan fingerprint density at radius 2 is 1.67 bits per heavy atom. The minimum atomic E-state index is 0.748. The molecule has 0 fully saturated rings. The summed E-state index contributed by atoms with van der Waals surface area (Å²) >= 11 is 0. The molecule has 1 aromatic rings. The average Bonchev–Trinajstić information content (AvgIpc) is 2.39. The van der Waals surface area contributed by atoms with Crippen LogP contribution >= 0.6 is 0 Å². The van der Waals surface area contributed by atoms with E-state index in [4.69, 9.17) is 4.74 Å². The van der Waals surface area contributed by atoms with E-state index in [0.29, 0.717) is 0 Å². The largest absolute Gasteiger partial charge is 0.492 e. The van der Waals surface area contributed by atoms with Crippen molar-refractivity contribution in [2.75, 3.05) is 19.7 Å². The van der Waals surface area contributed by atoms with Crippen molar-refractivity contribution in [1.82, 2.24) is 5.32 Å². The Hall–Kier alpha value is -1.02. The van der Waals surface area contributed by atoms with Crippen molar-refractivity contribution in [2.45, 2.75) is 46.0 Å². The Morgan fingerprint density at radius 3 is 2.39 bits per heavy atom. The standard InChI is InChI=1S/C16H27NO/c1-3-4-5-6-7-12-17-13-14-18-16-10-8-15(2)9-11-16/h8-11,17H,3-7,12-14H2,1-2H3. The van der Waals surface area contributed by atoms with E-state index in [-0.39, 0.29) is 0 Å². The van der Waals surface area contributed by atoms with Crippen molar-refractivity contribution in [3.63, 3.8) is 0 Å². The van der Waals surface area contributed by atoms with Gasteiger partial charge in [0.15, 0.2) is 0 Å². The van der Waals surface area contributed by atoms with Gasteiger partial charge < -0.3 is 10.1 Å². The van der Waals surface area contributed by atoms with E-state index in [9.17, 15) is 0 Å². The number of unbranched alkanes of at least 4 members (excludes halogenated alkanes) is 4. The molecule has 0 amide bonds. The number of ether oxygens (including phenoxy) is 1. The summed E-state index contributed by atoms with van der Waals surface area (Å²) < 4.78 is 5.64. The first kappa shape index (κ1) is 15.0. The summed E-state index contributed by atoms with van der Waals surface area (Å²) in [6.07, 6.45) is 6.69. The van der Waals surface area contributed by atoms with Crippen molar-refractivity contribution in [3.8, 4) is 5.75 Å². The summed E-state index contributed by atoms with van der Waals surface area (Å²) in [6, 6.07) is 8.22. The van der Waals surface area contributed by atoms with E-state index in [0.717, 1.165) is 25.4 Å². The van der Waals surface area contributed by atoms with Crippen LogP contribution in [-0.2, 0) is 0 Å². The molecule has 0 bridgehead atoms. The molecule has 102 valence electrons. The van der Waals surface area contributed by atoms with Gasteiger partial charge in [0.2, 0.25) is 0 Å². The number of hydrogen-bond donors (Lipinski definition) is 1. The predicted molar refractivity (Wildman–Crippen MR) is 78.3 cm³/mol. The van der Waals surface area contributed by atoms with Crippen LogP contribution < -0.4 is 10.1 Å². The lowest BCUT2D eigenvalue weighted by Crippen LogP contribution is -2.22. The van der Waals surface area contributed by atoms with E-state index in [1.807, 2.05) is 12.1 Å². The molecule has 0 aromatic heterocycles. The molecule has 1 N–H and O–H groups in total. The molecule has 0 unspecified atom stereocenters. The minimum absolute atomic E-state index is 0.748. The molecule has 0 saturated carbocycles. The van der Waals surface area contributed by atoms with Gasteiger partial charge in [-0.25, -0.2) is 0 Å². The molecule has 2 nitrogen and oxygen atoms in total. The lowest BCUT2D eigenvalue weighted by atomic mass is 10.1. The van der Waals surface area contributed by atoms with Gasteiger partial charge >= 0.3 is 0 Å². The van der Waals surface area contributed by atoms with Gasteiger partial charge in [-0.2, -0.15) is 0 Å². The van der Waals surface area contributed by atoms with Gasteiger partial charge in [0.05, 0.1) is 0 Å². The third-order valence-electron chi connectivity index (χ3n) is 3.03. The van der Waals surface area contributed by atoms with Gasteiger partial charge in [0.1, 0.15) is 12.4 Å². The third kappa shape index (κ3) is 7.33. The molecule has 0 atom stereocenters. The first-order chi connectivity index (χ1) is 8.83. The molecule has 2 heteroatoms. The van der Waals surface area contributed by atoms with Crippen molar-refractivity contribution in [3.05, 3.63) is 29.8 Å². The molecule has 0 spiro atoms. The lowest BCUT2D eigenvalue weighted by molar-refractivity contribution is 0.313. The quantitative estimate of drug-likeness (QED) is 0.634. The molecular formula is C16H27NO. The molecule has 0 heterocycles. The van der Waals surface area contributed by atoms with Gasteiger partial charge in [-0.15, -0.1) is 0 Å². The van der Waals surface area contributed by atoms with Crippen LogP contribution in [0.3, 0.4) is 0 Å². The maximum atomic E-state index is 5.64. The monoisotopic (exact) mass is 249 g/mol. The van der Waals surface area contributed by atoms with E-state index >= 15 is 0 Å². The van der Waals surface area contributed by atoms with Crippen LogP contribution in [0.15, 0.2) is 24.3 Å². The van der Waals surface area contributed by atoms with Crippen LogP contribution in [0.1, 0.15) is 44.6 Å². The van der Waals surface area contributed by atoms with Gasteiger partial charge in [0.25, 0.3) is 0 Å². The third-order valence-corrected chi connectivity index (χ3v) is 3.03. The van der Waals surface area contributed by atoms with Crippen LogP contribution in [0.2, 0.25) is 0 Å². The molecular weight excluding hydrogens is 222 g/mol. The Bertz CT molecular complexity index is 294. The predicted octanol–water partition coefficient (Wildman–Crippen LogP) is 3.93. The number of aryl methyl sites for hydroxylation is 1. The Labute approximate surface area is 112 Å². The number of rotatable bonds is 10. The van der Waals surface area contributed by atoms with Crippen molar-refractivity contribution < 1.29 is 4.74 Å². The molecule has 1 aromatic carbocycles. The highest BCUT2D eigenvalue weighted by molar-refractivity contribution is 5.26. The molecule has 18 heavy (non-hydrogen) atoms. The summed E-state index contributed by atoms with van der Waals surface area (Å²) in [4.78, 5) is 0. The highest BCUT2D eigenvalue weighted by Gasteiger charge is 1.93. The highest BCUT2D eigenvalue weighted by atomic mass is 16.5. The first-order valence-electron chi connectivity index (χ1n) is 7.23. The molecule has 0 aliphatic heterocycles. The van der Waals surface area contributed by atoms with Crippen LogP contribution in [-0.4, -0.2) is 19.7 Å². The van der Waals surface area contributed by atoms with E-state index in [1.54, 1.807) is 0 Å². The summed E-state index contributed by atoms with van der Waals surface area (Å²) in [5.74, 6) is 0.963. The zero-order valence-electron chi connectivity index (χ0n) is 11.9. The molecule has 0 aliphatic carbocycles. The van der Waals surface area contributed by atoms with E-state index < -0.39 is 0 Å². The molecule has 0 saturated heterocycles. The normalized spacial score (nSPS) is 10.6. The van der Waals surface area contributed by atoms with E-state index in [1.165, 1.54) is 37.7 Å². The van der Waals surface area contributed by atoms with Gasteiger partial charge in [0, 0.05) is 6.54 Å². The van der Waals surface area contributed by atoms with Gasteiger partial charge in [-0.1, -0.05) is 50.3 Å². The number of nitrogens with one attached hydrogen (secondary N) is 1. The van der Waals surface area contributed by atoms with Crippen LogP contribution in [0.4, 0.5) is 0 Å². The topological polar surface area (TPSA) is 21.3 Å². The SMILES string of the molecule is CCCCCCCNCCOc1ccc(C)cc1. The lowest BCUT2D eigenvalue weighted by Gasteiger charge is -2.07. The summed E-state index contributed by atoms with van der Waals surface area (Å²) in [6.45, 7) is 7.13. The molecule has 0 aliphatic rings. The van der Waals surface area contributed by atoms with Crippen LogP contribution in [0.25, 0.3) is 0 Å². The van der Waals surface area contributed by atoms with Crippen LogP contribution in [0, 0.1) is 6.92 Å². The maximum Gasteiger partial charge on any atom is 0.119 e. The van der Waals surface area contributed by atoms with E-state index in [2.05, 4.69) is 31.3 Å². The Balaban J connectivity index is 1.91. The highest BCUT2D eigenvalue weighted by Crippen LogP contribution is 2.10.